The summed E-state index contributed by atoms with van der Waals surface area (Å²) in [4.78, 5) is 10.1. The van der Waals surface area contributed by atoms with Crippen LogP contribution in [-0.4, -0.2) is 38.8 Å². The maximum absolute atomic E-state index is 4.56. The van der Waals surface area contributed by atoms with Gasteiger partial charge in [0.25, 0.3) is 0 Å². The van der Waals surface area contributed by atoms with Crippen LogP contribution in [0.3, 0.4) is 0 Å². The van der Waals surface area contributed by atoms with Crippen LogP contribution in [0.5, 0.6) is 0 Å². The number of hydrogen-bond donors (Lipinski definition) is 2. The summed E-state index contributed by atoms with van der Waals surface area (Å²) in [5.41, 5.74) is 0. The highest BCUT2D eigenvalue weighted by Gasteiger charge is 2.00. The third kappa shape index (κ3) is 7.73. The molecule has 2 N–H and O–H groups in total. The molecule has 9 heteroatoms. The number of halogens is 1. The smallest absolute Gasteiger partial charge is 0.191 e. The Balaban J connectivity index is 0.00000264. The Bertz CT molecular complexity index is 567. The number of rotatable bonds is 8. The van der Waals surface area contributed by atoms with Gasteiger partial charge < -0.3 is 15.2 Å². The molecule has 0 aliphatic carbocycles. The standard InChI is InChI=1S/C14H23N7S.HI/c1-3-15-14(18-9-13-17-8-12(2)22-13)16-6-4-5-7-21-10-19-20-11-21;/h8,10-11H,3-7,9H2,1-2H3,(H2,15,16,18);1H. The van der Waals surface area contributed by atoms with Crippen molar-refractivity contribution in [1.29, 1.82) is 0 Å². The molecular formula is C14H24IN7S. The predicted molar refractivity (Wildman–Crippen MR) is 104 cm³/mol. The predicted octanol–water partition coefficient (Wildman–Crippen LogP) is 2.20. The second-order valence-electron chi connectivity index (χ2n) is 4.89. The zero-order valence-electron chi connectivity index (χ0n) is 13.5. The lowest BCUT2D eigenvalue weighted by atomic mass is 10.3. The van der Waals surface area contributed by atoms with Gasteiger partial charge in [0.15, 0.2) is 5.96 Å². The summed E-state index contributed by atoms with van der Waals surface area (Å²) in [6.07, 6.45) is 7.53. The fourth-order valence-corrected chi connectivity index (χ4v) is 2.64. The Morgan fingerprint density at radius 1 is 1.26 bits per heavy atom. The van der Waals surface area contributed by atoms with Crippen molar-refractivity contribution >= 4 is 41.3 Å². The third-order valence-electron chi connectivity index (χ3n) is 2.99. The van der Waals surface area contributed by atoms with Gasteiger partial charge >= 0.3 is 0 Å². The number of aromatic nitrogens is 4. The van der Waals surface area contributed by atoms with E-state index in [-0.39, 0.29) is 24.0 Å². The van der Waals surface area contributed by atoms with Crippen molar-refractivity contribution in [3.05, 3.63) is 28.7 Å². The van der Waals surface area contributed by atoms with E-state index in [0.717, 1.165) is 43.4 Å². The maximum atomic E-state index is 4.56. The lowest BCUT2D eigenvalue weighted by Crippen LogP contribution is -2.37. The van der Waals surface area contributed by atoms with Crippen LogP contribution in [0.4, 0.5) is 0 Å². The van der Waals surface area contributed by atoms with E-state index in [4.69, 9.17) is 0 Å². The van der Waals surface area contributed by atoms with Crippen molar-refractivity contribution in [2.75, 3.05) is 13.1 Å². The van der Waals surface area contributed by atoms with Crippen LogP contribution in [-0.2, 0) is 13.1 Å². The van der Waals surface area contributed by atoms with E-state index in [2.05, 4.69) is 44.7 Å². The summed E-state index contributed by atoms with van der Waals surface area (Å²) in [6.45, 7) is 7.44. The molecule has 2 aromatic rings. The van der Waals surface area contributed by atoms with Crippen LogP contribution >= 0.6 is 35.3 Å². The molecule has 0 saturated heterocycles. The van der Waals surface area contributed by atoms with Gasteiger partial charge in [0, 0.05) is 30.7 Å². The number of thiazole rings is 1. The quantitative estimate of drug-likeness (QED) is 0.280. The minimum absolute atomic E-state index is 0. The summed E-state index contributed by atoms with van der Waals surface area (Å²) in [6, 6.07) is 0. The molecule has 0 aliphatic heterocycles. The van der Waals surface area contributed by atoms with Crippen molar-refractivity contribution in [2.24, 2.45) is 4.99 Å². The molecule has 23 heavy (non-hydrogen) atoms. The summed E-state index contributed by atoms with van der Waals surface area (Å²) in [7, 11) is 0. The van der Waals surface area contributed by atoms with E-state index < -0.39 is 0 Å². The number of nitrogens with one attached hydrogen (secondary N) is 2. The number of aliphatic imine (C=N–C) groups is 1. The third-order valence-corrected chi connectivity index (χ3v) is 3.89. The Kier molecular flexibility index (Phi) is 9.76. The van der Waals surface area contributed by atoms with Gasteiger partial charge in [-0.05, 0) is 26.7 Å². The van der Waals surface area contributed by atoms with Crippen molar-refractivity contribution < 1.29 is 0 Å². The van der Waals surface area contributed by atoms with E-state index >= 15 is 0 Å². The zero-order chi connectivity index (χ0) is 15.6. The molecule has 0 aliphatic rings. The minimum atomic E-state index is 0. The van der Waals surface area contributed by atoms with Crippen LogP contribution in [0.15, 0.2) is 23.8 Å². The molecule has 0 amide bonds. The van der Waals surface area contributed by atoms with E-state index in [1.165, 1.54) is 4.88 Å². The van der Waals surface area contributed by atoms with Crippen LogP contribution in [0, 0.1) is 6.92 Å². The van der Waals surface area contributed by atoms with Gasteiger partial charge in [0.2, 0.25) is 0 Å². The summed E-state index contributed by atoms with van der Waals surface area (Å²) in [5, 5.41) is 15.2. The fourth-order valence-electron chi connectivity index (χ4n) is 1.93. The molecule has 0 unspecified atom stereocenters. The molecule has 0 aromatic carbocycles. The van der Waals surface area contributed by atoms with E-state index in [9.17, 15) is 0 Å². The average Bonchev–Trinajstić information content (AvgIpc) is 3.16. The molecule has 0 saturated carbocycles. The van der Waals surface area contributed by atoms with Crippen molar-refractivity contribution in [1.82, 2.24) is 30.4 Å². The summed E-state index contributed by atoms with van der Waals surface area (Å²) >= 11 is 1.69. The number of hydrogen-bond acceptors (Lipinski definition) is 5. The normalized spacial score (nSPS) is 11.1. The number of nitrogens with zero attached hydrogens (tertiary/aromatic N) is 5. The van der Waals surface area contributed by atoms with Crippen molar-refractivity contribution in [3.63, 3.8) is 0 Å². The van der Waals surface area contributed by atoms with Crippen LogP contribution in [0.25, 0.3) is 0 Å². The van der Waals surface area contributed by atoms with E-state index in [1.807, 2.05) is 10.8 Å². The van der Waals surface area contributed by atoms with Gasteiger partial charge in [-0.25, -0.2) is 9.98 Å². The summed E-state index contributed by atoms with van der Waals surface area (Å²) < 4.78 is 1.99. The first kappa shape index (κ1) is 19.8. The number of unbranched alkanes of at least 4 members (excludes halogenated alkanes) is 1. The first-order valence-corrected chi connectivity index (χ1v) is 8.35. The largest absolute Gasteiger partial charge is 0.357 e. The monoisotopic (exact) mass is 449 g/mol. The molecule has 7 nitrogen and oxygen atoms in total. The lowest BCUT2D eigenvalue weighted by molar-refractivity contribution is 0.598. The Labute approximate surface area is 158 Å². The van der Waals surface area contributed by atoms with Gasteiger partial charge in [-0.2, -0.15) is 0 Å². The highest BCUT2D eigenvalue weighted by Crippen LogP contribution is 2.11. The average molecular weight is 449 g/mol. The van der Waals surface area contributed by atoms with Crippen molar-refractivity contribution in [2.45, 2.75) is 39.8 Å². The molecule has 0 spiro atoms. The Hall–Kier alpha value is -1.23. The molecule has 2 heterocycles. The van der Waals surface area contributed by atoms with Gasteiger partial charge in [0.05, 0.1) is 6.54 Å². The second-order valence-corrected chi connectivity index (χ2v) is 6.21. The van der Waals surface area contributed by atoms with Crippen molar-refractivity contribution in [3.8, 4) is 0 Å². The molecule has 0 bridgehead atoms. The van der Waals surface area contributed by atoms with Crippen LogP contribution in [0.2, 0.25) is 0 Å². The highest BCUT2D eigenvalue weighted by molar-refractivity contribution is 14.0. The molecule has 128 valence electrons. The molecular weight excluding hydrogens is 425 g/mol. The van der Waals surface area contributed by atoms with E-state index in [0.29, 0.717) is 6.54 Å². The maximum Gasteiger partial charge on any atom is 0.191 e. The molecule has 2 aromatic heterocycles. The Morgan fingerprint density at radius 2 is 2.04 bits per heavy atom. The first-order valence-electron chi connectivity index (χ1n) is 7.54. The van der Waals surface area contributed by atoms with Gasteiger partial charge in [-0.15, -0.1) is 45.5 Å². The molecule has 0 atom stereocenters. The second kappa shape index (κ2) is 11.3. The van der Waals surface area contributed by atoms with Gasteiger partial charge in [-0.1, -0.05) is 0 Å². The zero-order valence-corrected chi connectivity index (χ0v) is 16.7. The van der Waals surface area contributed by atoms with Crippen LogP contribution in [0.1, 0.15) is 29.7 Å². The first-order chi connectivity index (χ1) is 10.8. The Morgan fingerprint density at radius 3 is 2.70 bits per heavy atom. The molecule has 0 radical (unpaired) electrons. The number of guanidine groups is 1. The molecule has 2 rings (SSSR count). The van der Waals surface area contributed by atoms with Gasteiger partial charge in [0.1, 0.15) is 17.7 Å². The molecule has 0 fully saturated rings. The number of aryl methyl sites for hydroxylation is 2. The highest BCUT2D eigenvalue weighted by atomic mass is 127. The minimum Gasteiger partial charge on any atom is -0.357 e. The fraction of sp³-hybridized carbons (Fsp3) is 0.571. The summed E-state index contributed by atoms with van der Waals surface area (Å²) in [5.74, 6) is 0.847. The van der Waals surface area contributed by atoms with Crippen LogP contribution < -0.4 is 10.6 Å². The van der Waals surface area contributed by atoms with Gasteiger partial charge in [-0.3, -0.25) is 0 Å². The topological polar surface area (TPSA) is 80.0 Å². The van der Waals surface area contributed by atoms with E-state index in [1.54, 1.807) is 24.0 Å². The SMILES string of the molecule is CCNC(=NCc1ncc(C)s1)NCCCCn1cnnc1.I. The lowest BCUT2D eigenvalue weighted by Gasteiger charge is -2.10.